The van der Waals surface area contributed by atoms with Crippen LogP contribution in [0.2, 0.25) is 0 Å². The van der Waals surface area contributed by atoms with E-state index in [4.69, 9.17) is 5.73 Å². The molecule has 0 heterocycles. The molecule has 0 saturated carbocycles. The van der Waals surface area contributed by atoms with Crippen LogP contribution < -0.4 is 5.73 Å². The molecule has 0 aliphatic carbocycles. The van der Waals surface area contributed by atoms with Crippen LogP contribution in [0.3, 0.4) is 0 Å². The summed E-state index contributed by atoms with van der Waals surface area (Å²) in [6, 6.07) is 6.14. The van der Waals surface area contributed by atoms with Crippen molar-refractivity contribution >= 4 is 0 Å². The fraction of sp³-hybridized carbons (Fsp3) is 0.538. The Morgan fingerprint density at radius 2 is 2.00 bits per heavy atom. The van der Waals surface area contributed by atoms with Crippen LogP contribution in [0, 0.1) is 19.8 Å². The maximum atomic E-state index is 10.5. The predicted molar refractivity (Wildman–Crippen MR) is 63.7 cm³/mol. The normalized spacial score (nSPS) is 17.2. The molecule has 2 heteroatoms. The molecule has 0 spiro atoms. The van der Waals surface area contributed by atoms with Crippen molar-refractivity contribution in [2.24, 2.45) is 11.7 Å². The third-order valence-electron chi connectivity index (χ3n) is 3.25. The number of nitrogens with two attached hydrogens (primary N) is 1. The summed E-state index contributed by atoms with van der Waals surface area (Å²) in [7, 11) is 0. The number of aliphatic hydroxyl groups is 1. The molecule has 15 heavy (non-hydrogen) atoms. The highest BCUT2D eigenvalue weighted by Crippen LogP contribution is 2.31. The maximum Gasteiger partial charge on any atom is 0.0908 e. The van der Waals surface area contributed by atoms with Crippen LogP contribution in [0.4, 0.5) is 0 Å². The summed E-state index contributed by atoms with van der Waals surface area (Å²) in [5, 5.41) is 10.5. The molecule has 1 aromatic rings. The first-order chi connectivity index (χ1) is 6.89. The quantitative estimate of drug-likeness (QED) is 0.797. The lowest BCUT2D eigenvalue weighted by atomic mass is 9.81. The zero-order valence-corrected chi connectivity index (χ0v) is 10.0. The van der Waals surface area contributed by atoms with Crippen molar-refractivity contribution in [1.29, 1.82) is 0 Å². The molecule has 0 radical (unpaired) electrons. The first-order valence-electron chi connectivity index (χ1n) is 5.39. The Morgan fingerprint density at radius 3 is 2.53 bits per heavy atom. The van der Waals surface area contributed by atoms with E-state index in [0.29, 0.717) is 6.54 Å². The first kappa shape index (κ1) is 12.2. The number of benzene rings is 1. The van der Waals surface area contributed by atoms with Gasteiger partial charge >= 0.3 is 0 Å². The van der Waals surface area contributed by atoms with Gasteiger partial charge in [-0.05, 0) is 38.4 Å². The van der Waals surface area contributed by atoms with Gasteiger partial charge in [-0.3, -0.25) is 0 Å². The van der Waals surface area contributed by atoms with Gasteiger partial charge in [-0.25, -0.2) is 0 Å². The Hall–Kier alpha value is -0.860. The van der Waals surface area contributed by atoms with E-state index in [2.05, 4.69) is 6.07 Å². The zero-order chi connectivity index (χ0) is 11.6. The zero-order valence-electron chi connectivity index (χ0n) is 10.0. The molecule has 84 valence electrons. The molecule has 0 saturated heterocycles. The van der Waals surface area contributed by atoms with Gasteiger partial charge in [0.15, 0.2) is 0 Å². The fourth-order valence-corrected chi connectivity index (χ4v) is 1.78. The van der Waals surface area contributed by atoms with E-state index in [1.165, 1.54) is 5.56 Å². The third-order valence-corrected chi connectivity index (χ3v) is 3.25. The summed E-state index contributed by atoms with van der Waals surface area (Å²) in [6.45, 7) is 8.35. The average molecular weight is 207 g/mol. The van der Waals surface area contributed by atoms with Gasteiger partial charge in [0, 0.05) is 5.92 Å². The Labute approximate surface area is 92.1 Å². The molecule has 1 rings (SSSR count). The summed E-state index contributed by atoms with van der Waals surface area (Å²) >= 11 is 0. The number of hydrogen-bond acceptors (Lipinski definition) is 2. The van der Waals surface area contributed by atoms with Gasteiger partial charge in [0.1, 0.15) is 0 Å². The van der Waals surface area contributed by atoms with Gasteiger partial charge in [-0.2, -0.15) is 0 Å². The van der Waals surface area contributed by atoms with Gasteiger partial charge in [0.05, 0.1) is 5.60 Å². The molecule has 0 fully saturated rings. The minimum Gasteiger partial charge on any atom is -0.385 e. The molecule has 0 aliphatic heterocycles. The third kappa shape index (κ3) is 2.39. The second kappa shape index (κ2) is 4.33. The highest BCUT2D eigenvalue weighted by molar-refractivity contribution is 5.35. The molecular weight excluding hydrogens is 186 g/mol. The van der Waals surface area contributed by atoms with Crippen LogP contribution in [0.5, 0.6) is 0 Å². The van der Waals surface area contributed by atoms with Crippen molar-refractivity contribution in [1.82, 2.24) is 0 Å². The van der Waals surface area contributed by atoms with Crippen LogP contribution in [0.15, 0.2) is 18.2 Å². The Kier molecular flexibility index (Phi) is 3.53. The molecule has 0 bridgehead atoms. The van der Waals surface area contributed by atoms with Gasteiger partial charge < -0.3 is 10.8 Å². The summed E-state index contributed by atoms with van der Waals surface area (Å²) in [5.74, 6) is 0.0537. The second-order valence-electron chi connectivity index (χ2n) is 4.60. The smallest absolute Gasteiger partial charge is 0.0908 e. The van der Waals surface area contributed by atoms with Crippen LogP contribution in [0.25, 0.3) is 0 Å². The summed E-state index contributed by atoms with van der Waals surface area (Å²) in [5.41, 5.74) is 8.05. The van der Waals surface area contributed by atoms with E-state index >= 15 is 0 Å². The van der Waals surface area contributed by atoms with Gasteiger partial charge in [0.25, 0.3) is 0 Å². The van der Waals surface area contributed by atoms with Crippen molar-refractivity contribution in [2.75, 3.05) is 6.54 Å². The molecule has 2 unspecified atom stereocenters. The Bertz CT molecular complexity index is 344. The van der Waals surface area contributed by atoms with Crippen molar-refractivity contribution < 1.29 is 5.11 Å². The minimum absolute atomic E-state index is 0.0537. The van der Waals surface area contributed by atoms with Crippen molar-refractivity contribution in [2.45, 2.75) is 33.3 Å². The van der Waals surface area contributed by atoms with Crippen LogP contribution in [-0.2, 0) is 5.60 Å². The number of rotatable bonds is 3. The van der Waals surface area contributed by atoms with Crippen molar-refractivity contribution in [3.05, 3.63) is 34.9 Å². The molecule has 3 N–H and O–H groups in total. The number of hydrogen-bond donors (Lipinski definition) is 2. The molecule has 0 amide bonds. The monoisotopic (exact) mass is 207 g/mol. The predicted octanol–water partition coefficient (Wildman–Crippen LogP) is 2.11. The number of aryl methyl sites for hydroxylation is 2. The first-order valence-corrected chi connectivity index (χ1v) is 5.39. The summed E-state index contributed by atoms with van der Waals surface area (Å²) in [4.78, 5) is 0. The molecule has 1 aromatic carbocycles. The largest absolute Gasteiger partial charge is 0.385 e. The summed E-state index contributed by atoms with van der Waals surface area (Å²) < 4.78 is 0. The van der Waals surface area contributed by atoms with Crippen molar-refractivity contribution in [3.63, 3.8) is 0 Å². The molecule has 2 nitrogen and oxygen atoms in total. The second-order valence-corrected chi connectivity index (χ2v) is 4.60. The van der Waals surface area contributed by atoms with Gasteiger partial charge in [-0.1, -0.05) is 30.7 Å². The summed E-state index contributed by atoms with van der Waals surface area (Å²) in [6.07, 6.45) is 0. The van der Waals surface area contributed by atoms with E-state index in [1.807, 2.05) is 39.8 Å². The van der Waals surface area contributed by atoms with Gasteiger partial charge in [0.2, 0.25) is 0 Å². The van der Waals surface area contributed by atoms with Gasteiger partial charge in [-0.15, -0.1) is 0 Å². The highest BCUT2D eigenvalue weighted by Gasteiger charge is 2.30. The lowest BCUT2D eigenvalue weighted by Crippen LogP contribution is -2.35. The van der Waals surface area contributed by atoms with E-state index in [-0.39, 0.29) is 5.92 Å². The average Bonchev–Trinajstić information content (AvgIpc) is 2.20. The van der Waals surface area contributed by atoms with E-state index < -0.39 is 5.60 Å². The van der Waals surface area contributed by atoms with Crippen LogP contribution >= 0.6 is 0 Å². The van der Waals surface area contributed by atoms with E-state index in [0.717, 1.165) is 11.1 Å². The molecule has 2 atom stereocenters. The molecular formula is C13H21NO. The Balaban J connectivity index is 3.19. The standard InChI is InChI=1S/C13H21NO/c1-9-5-6-10(2)12(7-9)13(4,15)11(3)8-14/h5-7,11,15H,8,14H2,1-4H3. The molecule has 0 aromatic heterocycles. The fourth-order valence-electron chi connectivity index (χ4n) is 1.78. The van der Waals surface area contributed by atoms with Crippen molar-refractivity contribution in [3.8, 4) is 0 Å². The lowest BCUT2D eigenvalue weighted by Gasteiger charge is -2.31. The van der Waals surface area contributed by atoms with E-state index in [1.54, 1.807) is 0 Å². The van der Waals surface area contributed by atoms with Crippen LogP contribution in [-0.4, -0.2) is 11.7 Å². The Morgan fingerprint density at radius 1 is 1.40 bits per heavy atom. The van der Waals surface area contributed by atoms with E-state index in [9.17, 15) is 5.11 Å². The minimum atomic E-state index is -0.842. The maximum absolute atomic E-state index is 10.5. The SMILES string of the molecule is Cc1ccc(C)c(C(C)(O)C(C)CN)c1. The highest BCUT2D eigenvalue weighted by atomic mass is 16.3. The lowest BCUT2D eigenvalue weighted by molar-refractivity contribution is 0.00458. The molecule has 0 aliphatic rings. The van der Waals surface area contributed by atoms with Crippen LogP contribution in [0.1, 0.15) is 30.5 Å². The topological polar surface area (TPSA) is 46.2 Å².